The fourth-order valence-electron chi connectivity index (χ4n) is 2.16. The Balaban J connectivity index is 2.85. The minimum atomic E-state index is -0.248. The molecular formula is C16H27BrN2OSi. The van der Waals surface area contributed by atoms with Gasteiger partial charge in [0, 0.05) is 10.7 Å². The number of hydrogen-bond donors (Lipinski definition) is 1. The Hall–Kier alpha value is -0.393. The topological polar surface area (TPSA) is 34.2 Å². The summed E-state index contributed by atoms with van der Waals surface area (Å²) in [6.45, 7) is 15.4. The molecule has 0 bridgehead atoms. The van der Waals surface area contributed by atoms with Gasteiger partial charge in [0.1, 0.15) is 0 Å². The highest BCUT2D eigenvalue weighted by Crippen LogP contribution is 2.29. The first-order chi connectivity index (χ1) is 9.51. The van der Waals surface area contributed by atoms with E-state index in [1.54, 1.807) is 6.20 Å². The Morgan fingerprint density at radius 3 is 2.29 bits per heavy atom. The number of pyridine rings is 1. The molecule has 1 atom stereocenters. The third-order valence-corrected chi connectivity index (χ3v) is 4.74. The van der Waals surface area contributed by atoms with Gasteiger partial charge in [-0.2, -0.15) is 0 Å². The Labute approximate surface area is 140 Å². The minimum absolute atomic E-state index is 0.191. The van der Waals surface area contributed by atoms with Gasteiger partial charge in [0.15, 0.2) is 0 Å². The SMILES string of the molecule is CC(C)[C@@H](Nc1cncc(Br)c1)C(C)(C)O[Si]C(C)(C)C. The van der Waals surface area contributed by atoms with Gasteiger partial charge in [-0.3, -0.25) is 4.98 Å². The van der Waals surface area contributed by atoms with Crippen molar-refractivity contribution in [1.82, 2.24) is 4.98 Å². The largest absolute Gasteiger partial charge is 0.410 e. The monoisotopic (exact) mass is 370 g/mol. The molecule has 0 aliphatic carbocycles. The van der Waals surface area contributed by atoms with Crippen LogP contribution in [0, 0.1) is 5.92 Å². The van der Waals surface area contributed by atoms with Gasteiger partial charge in [0.2, 0.25) is 9.76 Å². The van der Waals surface area contributed by atoms with Crippen LogP contribution in [-0.4, -0.2) is 26.4 Å². The van der Waals surface area contributed by atoms with Crippen LogP contribution in [0.2, 0.25) is 5.04 Å². The van der Waals surface area contributed by atoms with Crippen molar-refractivity contribution in [3.05, 3.63) is 22.9 Å². The summed E-state index contributed by atoms with van der Waals surface area (Å²) < 4.78 is 7.23. The van der Waals surface area contributed by atoms with Crippen LogP contribution in [0.25, 0.3) is 0 Å². The van der Waals surface area contributed by atoms with Crippen molar-refractivity contribution in [1.29, 1.82) is 0 Å². The van der Waals surface area contributed by atoms with Crippen LogP contribution < -0.4 is 5.32 Å². The Morgan fingerprint density at radius 1 is 1.19 bits per heavy atom. The molecule has 3 nitrogen and oxygen atoms in total. The lowest BCUT2D eigenvalue weighted by Crippen LogP contribution is -2.49. The summed E-state index contributed by atoms with van der Waals surface area (Å²) in [7, 11) is 0.472. The Kier molecular flexibility index (Phi) is 6.44. The maximum atomic E-state index is 6.25. The average molecular weight is 371 g/mol. The molecule has 0 spiro atoms. The minimum Gasteiger partial charge on any atom is -0.410 e. The number of halogens is 1. The van der Waals surface area contributed by atoms with E-state index in [9.17, 15) is 0 Å². The molecule has 1 N–H and O–H groups in total. The van der Waals surface area contributed by atoms with Crippen LogP contribution in [0.3, 0.4) is 0 Å². The second kappa shape index (κ2) is 7.25. The summed E-state index contributed by atoms with van der Waals surface area (Å²) >= 11 is 3.46. The van der Waals surface area contributed by atoms with E-state index in [1.165, 1.54) is 0 Å². The summed E-state index contributed by atoms with van der Waals surface area (Å²) in [6, 6.07) is 2.26. The maximum Gasteiger partial charge on any atom is 0.236 e. The average Bonchev–Trinajstić information content (AvgIpc) is 2.32. The van der Waals surface area contributed by atoms with E-state index < -0.39 is 0 Å². The van der Waals surface area contributed by atoms with Gasteiger partial charge in [-0.25, -0.2) is 0 Å². The lowest BCUT2D eigenvalue weighted by atomic mass is 9.89. The van der Waals surface area contributed by atoms with Crippen molar-refractivity contribution in [2.45, 2.75) is 65.1 Å². The van der Waals surface area contributed by atoms with Gasteiger partial charge >= 0.3 is 0 Å². The van der Waals surface area contributed by atoms with Gasteiger partial charge in [-0.05, 0) is 46.8 Å². The highest BCUT2D eigenvalue weighted by Gasteiger charge is 2.34. The molecule has 1 heterocycles. The lowest BCUT2D eigenvalue weighted by Gasteiger charge is -2.39. The zero-order valence-corrected chi connectivity index (χ0v) is 16.7. The standard InChI is InChI=1S/C16H27BrN2OSi/c1-11(2)14(16(6,7)20-21-15(3,4)5)19-13-8-12(17)9-18-10-13/h8-11,14,19H,1-7H3/t14-/m1/s1. The zero-order valence-electron chi connectivity index (χ0n) is 14.1. The number of aromatic nitrogens is 1. The van der Waals surface area contributed by atoms with Gasteiger partial charge in [0.25, 0.3) is 0 Å². The van der Waals surface area contributed by atoms with Crippen molar-refractivity contribution in [2.24, 2.45) is 5.92 Å². The van der Waals surface area contributed by atoms with Crippen molar-refractivity contribution in [3.8, 4) is 0 Å². The molecule has 0 saturated heterocycles. The van der Waals surface area contributed by atoms with Crippen LogP contribution in [0.1, 0.15) is 48.5 Å². The molecule has 1 aromatic heterocycles. The predicted octanol–water partition coefficient (Wildman–Crippen LogP) is 4.91. The number of rotatable bonds is 6. The first kappa shape index (κ1) is 18.7. The van der Waals surface area contributed by atoms with Crippen molar-refractivity contribution in [2.75, 3.05) is 5.32 Å². The number of anilines is 1. The quantitative estimate of drug-likeness (QED) is 0.721. The van der Waals surface area contributed by atoms with Crippen molar-refractivity contribution < 1.29 is 4.43 Å². The molecule has 0 fully saturated rings. The van der Waals surface area contributed by atoms with E-state index in [4.69, 9.17) is 4.43 Å². The van der Waals surface area contributed by atoms with Crippen LogP contribution >= 0.6 is 15.9 Å². The highest BCUT2D eigenvalue weighted by atomic mass is 79.9. The molecule has 5 heteroatoms. The van der Waals surface area contributed by atoms with E-state index in [0.29, 0.717) is 15.7 Å². The van der Waals surface area contributed by atoms with E-state index in [2.05, 4.69) is 74.7 Å². The molecule has 21 heavy (non-hydrogen) atoms. The molecule has 118 valence electrons. The first-order valence-electron chi connectivity index (χ1n) is 7.33. The van der Waals surface area contributed by atoms with E-state index in [1.807, 2.05) is 12.3 Å². The second-order valence-electron chi connectivity index (χ2n) is 7.32. The first-order valence-corrected chi connectivity index (χ1v) is 9.03. The zero-order chi connectivity index (χ0) is 16.3. The van der Waals surface area contributed by atoms with Gasteiger partial charge in [0.05, 0.1) is 23.5 Å². The van der Waals surface area contributed by atoms with E-state index in [-0.39, 0.29) is 16.7 Å². The molecule has 0 amide bonds. The van der Waals surface area contributed by atoms with Crippen LogP contribution in [0.5, 0.6) is 0 Å². The highest BCUT2D eigenvalue weighted by molar-refractivity contribution is 9.10. The summed E-state index contributed by atoms with van der Waals surface area (Å²) in [5.74, 6) is 0.448. The Bertz CT molecular complexity index is 458. The maximum absolute atomic E-state index is 6.25. The summed E-state index contributed by atoms with van der Waals surface area (Å²) in [6.07, 6.45) is 3.64. The summed E-state index contributed by atoms with van der Waals surface area (Å²) in [5, 5.41) is 3.77. The van der Waals surface area contributed by atoms with E-state index >= 15 is 0 Å². The molecule has 1 aromatic rings. The third-order valence-electron chi connectivity index (χ3n) is 3.06. The van der Waals surface area contributed by atoms with Crippen molar-refractivity contribution in [3.63, 3.8) is 0 Å². The normalized spacial score (nSPS) is 14.3. The van der Waals surface area contributed by atoms with Crippen LogP contribution in [0.4, 0.5) is 5.69 Å². The molecule has 0 aromatic carbocycles. The van der Waals surface area contributed by atoms with Gasteiger partial charge in [-0.1, -0.05) is 34.6 Å². The molecule has 0 aliphatic rings. The van der Waals surface area contributed by atoms with Crippen LogP contribution in [0.15, 0.2) is 22.9 Å². The molecule has 1 rings (SSSR count). The molecule has 0 aliphatic heterocycles. The molecular weight excluding hydrogens is 344 g/mol. The number of nitrogens with zero attached hydrogens (tertiary/aromatic N) is 1. The molecule has 0 unspecified atom stereocenters. The van der Waals surface area contributed by atoms with Crippen molar-refractivity contribution >= 4 is 31.4 Å². The number of hydrogen-bond acceptors (Lipinski definition) is 3. The second-order valence-corrected chi connectivity index (χ2v) is 10.1. The van der Waals surface area contributed by atoms with Crippen LogP contribution in [-0.2, 0) is 4.43 Å². The third kappa shape index (κ3) is 6.49. The smallest absolute Gasteiger partial charge is 0.236 e. The summed E-state index contributed by atoms with van der Waals surface area (Å²) in [4.78, 5) is 4.22. The molecule has 0 saturated carbocycles. The summed E-state index contributed by atoms with van der Waals surface area (Å²) in [5.41, 5.74) is 0.765. The van der Waals surface area contributed by atoms with Gasteiger partial charge < -0.3 is 9.74 Å². The Morgan fingerprint density at radius 2 is 1.81 bits per heavy atom. The van der Waals surface area contributed by atoms with Gasteiger partial charge in [-0.15, -0.1) is 0 Å². The lowest BCUT2D eigenvalue weighted by molar-refractivity contribution is 0.0708. The fourth-order valence-corrected chi connectivity index (χ4v) is 3.22. The molecule has 2 radical (unpaired) electrons. The number of nitrogens with one attached hydrogen (secondary N) is 1. The van der Waals surface area contributed by atoms with E-state index in [0.717, 1.165) is 10.2 Å². The fraction of sp³-hybridized carbons (Fsp3) is 0.688. The predicted molar refractivity (Wildman–Crippen MR) is 94.8 cm³/mol.